The van der Waals surface area contributed by atoms with Crippen molar-refractivity contribution in [3.05, 3.63) is 77.9 Å². The molecular formula is C31H35N5O6S2. The number of nitrogens with one attached hydrogen (secondary N) is 1. The largest absolute Gasteiger partial charge is 0.493 e. The van der Waals surface area contributed by atoms with E-state index in [-0.39, 0.29) is 16.6 Å². The molecule has 232 valence electrons. The van der Waals surface area contributed by atoms with Crippen LogP contribution < -0.4 is 14.8 Å². The van der Waals surface area contributed by atoms with E-state index >= 15 is 0 Å². The molecule has 0 bridgehead atoms. The van der Waals surface area contributed by atoms with Crippen LogP contribution in [0, 0.1) is 6.92 Å². The van der Waals surface area contributed by atoms with E-state index in [1.165, 1.54) is 16.1 Å². The van der Waals surface area contributed by atoms with Gasteiger partial charge in [-0.25, -0.2) is 8.42 Å². The molecule has 1 amide bonds. The van der Waals surface area contributed by atoms with Gasteiger partial charge in [0.1, 0.15) is 0 Å². The van der Waals surface area contributed by atoms with Crippen LogP contribution in [0.25, 0.3) is 17.1 Å². The third-order valence-electron chi connectivity index (χ3n) is 7.22. The van der Waals surface area contributed by atoms with Crippen LogP contribution in [0.15, 0.2) is 76.8 Å². The Morgan fingerprint density at radius 1 is 0.977 bits per heavy atom. The first-order valence-electron chi connectivity index (χ1n) is 14.1. The monoisotopic (exact) mass is 637 g/mol. The summed E-state index contributed by atoms with van der Waals surface area (Å²) in [6.07, 6.45) is 0.629. The lowest BCUT2D eigenvalue weighted by Crippen LogP contribution is -2.40. The minimum atomic E-state index is -3.71. The molecule has 1 aromatic heterocycles. The Balaban J connectivity index is 1.34. The average Bonchev–Trinajstić information content (AvgIpc) is 3.48. The Morgan fingerprint density at radius 3 is 2.45 bits per heavy atom. The summed E-state index contributed by atoms with van der Waals surface area (Å²) < 4.78 is 46.1. The lowest BCUT2D eigenvalue weighted by molar-refractivity contribution is -0.118. The topological polar surface area (TPSA) is 125 Å². The molecule has 3 aromatic carbocycles. The molecule has 0 radical (unpaired) electrons. The number of sulfonamides is 1. The van der Waals surface area contributed by atoms with Crippen molar-refractivity contribution in [3.63, 3.8) is 0 Å². The van der Waals surface area contributed by atoms with Crippen molar-refractivity contribution < 1.29 is 27.4 Å². The Hall–Kier alpha value is -3.91. The number of carbonyl (C=O) groups is 1. The van der Waals surface area contributed by atoms with Gasteiger partial charge in [0.05, 0.1) is 38.1 Å². The smallest absolute Gasteiger partial charge is 0.243 e. The lowest BCUT2D eigenvalue weighted by Gasteiger charge is -2.26. The maximum Gasteiger partial charge on any atom is 0.243 e. The molecule has 0 unspecified atom stereocenters. The maximum atomic E-state index is 13.4. The van der Waals surface area contributed by atoms with Crippen molar-refractivity contribution in [2.45, 2.75) is 23.4 Å². The highest BCUT2D eigenvalue weighted by Gasteiger charge is 2.28. The summed E-state index contributed by atoms with van der Waals surface area (Å²) in [4.78, 5) is 13.0. The summed E-state index contributed by atoms with van der Waals surface area (Å²) in [6, 6.07) is 20.3. The standard InChI is InChI=1S/C31H35N5O6S2/c1-22-9-11-25(44(38,39)35-15-17-42-18-16-35)20-26(22)30-33-34-31(36(30)24-7-5-4-6-8-24)43-21-29(37)32-14-13-23-10-12-27(40-2)28(19-23)41-3/h4-12,19-20H,13-18,21H2,1-3H3,(H,32,37). The maximum absolute atomic E-state index is 13.4. The van der Waals surface area contributed by atoms with E-state index in [0.717, 1.165) is 16.8 Å². The first kappa shape index (κ1) is 31.5. The third-order valence-corrected chi connectivity index (χ3v) is 10.0. The number of nitrogens with zero attached hydrogens (tertiary/aromatic N) is 4. The number of ether oxygens (including phenoxy) is 3. The zero-order valence-electron chi connectivity index (χ0n) is 24.9. The predicted molar refractivity (Wildman–Crippen MR) is 168 cm³/mol. The highest BCUT2D eigenvalue weighted by molar-refractivity contribution is 7.99. The van der Waals surface area contributed by atoms with Crippen molar-refractivity contribution in [2.75, 3.05) is 52.8 Å². The number of morpholine rings is 1. The molecule has 0 spiro atoms. The third kappa shape index (κ3) is 7.07. The van der Waals surface area contributed by atoms with Crippen molar-refractivity contribution >= 4 is 27.7 Å². The molecule has 0 aliphatic carbocycles. The summed E-state index contributed by atoms with van der Waals surface area (Å²) in [6.45, 7) is 3.71. The Kier molecular flexibility index (Phi) is 10.2. The van der Waals surface area contributed by atoms with E-state index in [1.54, 1.807) is 32.4 Å². The minimum Gasteiger partial charge on any atom is -0.493 e. The van der Waals surface area contributed by atoms with E-state index in [4.69, 9.17) is 14.2 Å². The number of amides is 1. The fourth-order valence-electron chi connectivity index (χ4n) is 4.85. The number of aromatic nitrogens is 3. The number of para-hydroxylation sites is 1. The van der Waals surface area contributed by atoms with Crippen LogP contribution in [0.5, 0.6) is 11.5 Å². The number of aryl methyl sites for hydroxylation is 1. The van der Waals surface area contributed by atoms with E-state index < -0.39 is 10.0 Å². The van der Waals surface area contributed by atoms with Gasteiger partial charge in [0.15, 0.2) is 22.5 Å². The average molecular weight is 638 g/mol. The molecule has 11 nitrogen and oxygen atoms in total. The predicted octanol–water partition coefficient (Wildman–Crippen LogP) is 3.73. The van der Waals surface area contributed by atoms with Crippen LogP contribution in [-0.4, -0.2) is 86.2 Å². The highest BCUT2D eigenvalue weighted by atomic mass is 32.2. The number of hydrogen-bond acceptors (Lipinski definition) is 9. The molecule has 0 atom stereocenters. The van der Waals surface area contributed by atoms with Crippen molar-refractivity contribution in [2.24, 2.45) is 0 Å². The first-order chi connectivity index (χ1) is 21.3. The summed E-state index contributed by atoms with van der Waals surface area (Å²) in [5.41, 5.74) is 3.30. The number of carbonyl (C=O) groups excluding carboxylic acids is 1. The van der Waals surface area contributed by atoms with Gasteiger partial charge in [-0.1, -0.05) is 42.1 Å². The van der Waals surface area contributed by atoms with Crippen LogP contribution in [0.2, 0.25) is 0 Å². The van der Waals surface area contributed by atoms with Gasteiger partial charge < -0.3 is 19.5 Å². The SMILES string of the molecule is COc1ccc(CCNC(=O)CSc2nnc(-c3cc(S(=O)(=O)N4CCOCC4)ccc3C)n2-c2ccccc2)cc1OC. The number of hydrogen-bond donors (Lipinski definition) is 1. The second-order valence-electron chi connectivity index (χ2n) is 10.0. The van der Waals surface area contributed by atoms with Crippen molar-refractivity contribution in [1.29, 1.82) is 0 Å². The van der Waals surface area contributed by atoms with Gasteiger partial charge in [-0.2, -0.15) is 4.31 Å². The summed E-state index contributed by atoms with van der Waals surface area (Å²) in [7, 11) is -0.535. The van der Waals surface area contributed by atoms with E-state index in [9.17, 15) is 13.2 Å². The quantitative estimate of drug-likeness (QED) is 0.231. The molecule has 1 saturated heterocycles. The lowest BCUT2D eigenvalue weighted by atomic mass is 10.1. The molecule has 13 heteroatoms. The Bertz CT molecular complexity index is 1710. The van der Waals surface area contributed by atoms with E-state index in [0.29, 0.717) is 67.3 Å². The molecule has 44 heavy (non-hydrogen) atoms. The molecule has 2 heterocycles. The van der Waals surface area contributed by atoms with E-state index in [1.807, 2.05) is 60.0 Å². The van der Waals surface area contributed by atoms with Gasteiger partial charge >= 0.3 is 0 Å². The molecule has 1 aliphatic rings. The van der Waals surface area contributed by atoms with Crippen LogP contribution in [0.1, 0.15) is 11.1 Å². The second kappa shape index (κ2) is 14.2. The summed E-state index contributed by atoms with van der Waals surface area (Å²) in [5.74, 6) is 1.77. The number of methoxy groups -OCH3 is 2. The molecule has 1 N–H and O–H groups in total. The van der Waals surface area contributed by atoms with Crippen LogP contribution in [0.3, 0.4) is 0 Å². The van der Waals surface area contributed by atoms with Crippen LogP contribution >= 0.6 is 11.8 Å². The fourth-order valence-corrected chi connectivity index (χ4v) is 7.07. The zero-order valence-corrected chi connectivity index (χ0v) is 26.5. The molecule has 0 saturated carbocycles. The minimum absolute atomic E-state index is 0.126. The number of benzene rings is 3. The van der Waals surface area contributed by atoms with Gasteiger partial charge in [0.25, 0.3) is 0 Å². The molecule has 1 aliphatic heterocycles. The second-order valence-corrected chi connectivity index (χ2v) is 12.9. The normalized spacial score (nSPS) is 13.9. The van der Waals surface area contributed by atoms with Crippen LogP contribution in [-0.2, 0) is 26.0 Å². The Morgan fingerprint density at radius 2 is 1.73 bits per heavy atom. The van der Waals surface area contributed by atoms with Gasteiger partial charge in [0.2, 0.25) is 15.9 Å². The molecule has 4 aromatic rings. The van der Waals surface area contributed by atoms with Gasteiger partial charge in [-0.15, -0.1) is 10.2 Å². The van der Waals surface area contributed by atoms with Gasteiger partial charge in [-0.05, 0) is 60.9 Å². The number of rotatable bonds is 12. The Labute approximate surface area is 261 Å². The van der Waals surface area contributed by atoms with E-state index in [2.05, 4.69) is 15.5 Å². The number of thioether (sulfide) groups is 1. The summed E-state index contributed by atoms with van der Waals surface area (Å²) >= 11 is 1.26. The molecule has 5 rings (SSSR count). The van der Waals surface area contributed by atoms with Crippen molar-refractivity contribution in [1.82, 2.24) is 24.4 Å². The van der Waals surface area contributed by atoms with Crippen molar-refractivity contribution in [3.8, 4) is 28.6 Å². The highest BCUT2D eigenvalue weighted by Crippen LogP contribution is 2.32. The molecule has 1 fully saturated rings. The first-order valence-corrected chi connectivity index (χ1v) is 16.5. The fraction of sp³-hybridized carbons (Fsp3) is 0.323. The zero-order chi connectivity index (χ0) is 31.1. The van der Waals surface area contributed by atoms with Gasteiger partial charge in [0, 0.05) is 30.9 Å². The van der Waals surface area contributed by atoms with Gasteiger partial charge in [-0.3, -0.25) is 9.36 Å². The summed E-state index contributed by atoms with van der Waals surface area (Å²) in [5, 5.41) is 12.4. The van der Waals surface area contributed by atoms with Crippen LogP contribution in [0.4, 0.5) is 0 Å². The molecular weight excluding hydrogens is 603 g/mol.